The van der Waals surface area contributed by atoms with E-state index in [-0.39, 0.29) is 11.5 Å². The lowest BCUT2D eigenvalue weighted by Gasteiger charge is -2.06. The maximum atomic E-state index is 12.0. The molecule has 0 saturated heterocycles. The lowest BCUT2D eigenvalue weighted by molar-refractivity contribution is 0.104. The van der Waals surface area contributed by atoms with E-state index < -0.39 is 0 Å². The van der Waals surface area contributed by atoms with Gasteiger partial charge in [-0.15, -0.1) is 0 Å². The molecular formula is C21H24O3. The van der Waals surface area contributed by atoms with Gasteiger partial charge in [-0.1, -0.05) is 44.4 Å². The number of hydrogen-bond donors (Lipinski definition) is 1. The molecule has 0 aliphatic heterocycles. The van der Waals surface area contributed by atoms with Crippen LogP contribution in [-0.4, -0.2) is 17.5 Å². The highest BCUT2D eigenvalue weighted by Gasteiger charge is 2.01. The standard InChI is InChI=1S/C21H24O3/c1-2-3-4-5-16-24-20-13-6-17(7-14-20)8-15-21(23)18-9-11-19(22)12-10-18/h6-15,22H,2-5,16H2,1H3. The van der Waals surface area contributed by atoms with E-state index in [1.165, 1.54) is 37.5 Å². The van der Waals surface area contributed by atoms with E-state index in [4.69, 9.17) is 4.74 Å². The number of hydrogen-bond acceptors (Lipinski definition) is 3. The van der Waals surface area contributed by atoms with Crippen molar-refractivity contribution in [1.82, 2.24) is 0 Å². The number of carbonyl (C=O) groups excluding carboxylic acids is 1. The Morgan fingerprint density at radius 2 is 1.71 bits per heavy atom. The minimum absolute atomic E-state index is 0.0914. The molecule has 24 heavy (non-hydrogen) atoms. The Kier molecular flexibility index (Phi) is 7.09. The van der Waals surface area contributed by atoms with Gasteiger partial charge in [0, 0.05) is 5.56 Å². The van der Waals surface area contributed by atoms with Crippen LogP contribution in [0.2, 0.25) is 0 Å². The zero-order valence-corrected chi connectivity index (χ0v) is 14.1. The van der Waals surface area contributed by atoms with Crippen LogP contribution >= 0.6 is 0 Å². The topological polar surface area (TPSA) is 46.5 Å². The molecule has 2 rings (SSSR count). The van der Waals surface area contributed by atoms with Gasteiger partial charge in [-0.25, -0.2) is 0 Å². The molecule has 0 spiro atoms. The number of allylic oxidation sites excluding steroid dienone is 1. The molecule has 3 nitrogen and oxygen atoms in total. The number of ether oxygens (including phenoxy) is 1. The second kappa shape index (κ2) is 9.56. The van der Waals surface area contributed by atoms with Crippen molar-refractivity contribution >= 4 is 11.9 Å². The summed E-state index contributed by atoms with van der Waals surface area (Å²) >= 11 is 0. The summed E-state index contributed by atoms with van der Waals surface area (Å²) in [7, 11) is 0. The largest absolute Gasteiger partial charge is 0.508 e. The van der Waals surface area contributed by atoms with Gasteiger partial charge < -0.3 is 9.84 Å². The Balaban J connectivity index is 1.84. The average Bonchev–Trinajstić information content (AvgIpc) is 2.61. The molecule has 3 heteroatoms. The molecule has 0 heterocycles. The first-order chi connectivity index (χ1) is 11.7. The fraction of sp³-hybridized carbons (Fsp3) is 0.286. The van der Waals surface area contributed by atoms with Crippen LogP contribution in [0, 0.1) is 0 Å². The van der Waals surface area contributed by atoms with E-state index in [9.17, 15) is 9.90 Å². The number of rotatable bonds is 9. The van der Waals surface area contributed by atoms with Crippen molar-refractivity contribution < 1.29 is 14.6 Å². The number of ketones is 1. The molecule has 126 valence electrons. The molecular weight excluding hydrogens is 300 g/mol. The van der Waals surface area contributed by atoms with Crippen LogP contribution in [0.1, 0.15) is 48.5 Å². The number of unbranched alkanes of at least 4 members (excludes halogenated alkanes) is 3. The lowest BCUT2D eigenvalue weighted by Crippen LogP contribution is -1.97. The predicted molar refractivity (Wildman–Crippen MR) is 97.6 cm³/mol. The third-order valence-electron chi connectivity index (χ3n) is 3.73. The summed E-state index contributed by atoms with van der Waals surface area (Å²) in [6.07, 6.45) is 8.08. The molecule has 0 bridgehead atoms. The summed E-state index contributed by atoms with van der Waals surface area (Å²) in [5.74, 6) is 0.917. The number of phenols is 1. The smallest absolute Gasteiger partial charge is 0.185 e. The minimum atomic E-state index is -0.0914. The normalized spacial score (nSPS) is 10.9. The lowest BCUT2D eigenvalue weighted by atomic mass is 10.1. The van der Waals surface area contributed by atoms with Gasteiger partial charge in [-0.05, 0) is 54.5 Å². The molecule has 0 radical (unpaired) electrons. The van der Waals surface area contributed by atoms with E-state index >= 15 is 0 Å². The third-order valence-corrected chi connectivity index (χ3v) is 3.73. The Morgan fingerprint density at radius 1 is 1.00 bits per heavy atom. The van der Waals surface area contributed by atoms with Crippen LogP contribution in [0.15, 0.2) is 54.6 Å². The Morgan fingerprint density at radius 3 is 2.38 bits per heavy atom. The number of aromatic hydroxyl groups is 1. The van der Waals surface area contributed by atoms with Crippen LogP contribution in [0.3, 0.4) is 0 Å². The van der Waals surface area contributed by atoms with Crippen molar-refractivity contribution in [2.75, 3.05) is 6.61 Å². The first-order valence-corrected chi connectivity index (χ1v) is 8.43. The van der Waals surface area contributed by atoms with Crippen molar-refractivity contribution in [2.45, 2.75) is 32.6 Å². The quantitative estimate of drug-likeness (QED) is 0.389. The summed E-state index contributed by atoms with van der Waals surface area (Å²) in [5, 5.41) is 9.24. The fourth-order valence-corrected chi connectivity index (χ4v) is 2.29. The summed E-state index contributed by atoms with van der Waals surface area (Å²) in [5.41, 5.74) is 1.50. The van der Waals surface area contributed by atoms with Crippen LogP contribution < -0.4 is 4.74 Å². The second-order valence-electron chi connectivity index (χ2n) is 5.72. The van der Waals surface area contributed by atoms with Crippen molar-refractivity contribution in [1.29, 1.82) is 0 Å². The summed E-state index contributed by atoms with van der Waals surface area (Å²) in [6.45, 7) is 2.94. The molecule has 0 aromatic heterocycles. The molecule has 0 saturated carbocycles. The van der Waals surface area contributed by atoms with Crippen LogP contribution in [0.25, 0.3) is 6.08 Å². The van der Waals surface area contributed by atoms with Crippen LogP contribution in [0.4, 0.5) is 0 Å². The van der Waals surface area contributed by atoms with E-state index in [0.717, 1.165) is 24.3 Å². The third kappa shape index (κ3) is 5.92. The Labute approximate surface area is 143 Å². The van der Waals surface area contributed by atoms with Gasteiger partial charge in [0.1, 0.15) is 11.5 Å². The molecule has 0 amide bonds. The highest BCUT2D eigenvalue weighted by molar-refractivity contribution is 6.06. The predicted octanol–water partition coefficient (Wildman–Crippen LogP) is 5.25. The van der Waals surface area contributed by atoms with Gasteiger partial charge >= 0.3 is 0 Å². The number of carbonyl (C=O) groups is 1. The summed E-state index contributed by atoms with van der Waals surface area (Å²) in [6, 6.07) is 13.9. The first-order valence-electron chi connectivity index (χ1n) is 8.43. The highest BCUT2D eigenvalue weighted by atomic mass is 16.5. The molecule has 0 atom stereocenters. The molecule has 0 aliphatic carbocycles. The number of phenolic OH excluding ortho intramolecular Hbond substituents is 1. The van der Waals surface area contributed by atoms with E-state index in [2.05, 4.69) is 6.92 Å². The number of benzene rings is 2. The molecule has 0 fully saturated rings. The van der Waals surface area contributed by atoms with Crippen molar-refractivity contribution in [2.24, 2.45) is 0 Å². The summed E-state index contributed by atoms with van der Waals surface area (Å²) < 4.78 is 5.70. The molecule has 0 aliphatic rings. The van der Waals surface area contributed by atoms with Gasteiger partial charge in [0.25, 0.3) is 0 Å². The monoisotopic (exact) mass is 324 g/mol. The van der Waals surface area contributed by atoms with Gasteiger partial charge in [-0.2, -0.15) is 0 Å². The molecule has 0 unspecified atom stereocenters. The fourth-order valence-electron chi connectivity index (χ4n) is 2.29. The van der Waals surface area contributed by atoms with Crippen LogP contribution in [-0.2, 0) is 0 Å². The Hall–Kier alpha value is -2.55. The Bertz CT molecular complexity index is 654. The molecule has 2 aromatic carbocycles. The van der Waals surface area contributed by atoms with Crippen LogP contribution in [0.5, 0.6) is 11.5 Å². The maximum absolute atomic E-state index is 12.0. The molecule has 1 N–H and O–H groups in total. The van der Waals surface area contributed by atoms with Gasteiger partial charge in [0.15, 0.2) is 5.78 Å². The molecule has 2 aromatic rings. The maximum Gasteiger partial charge on any atom is 0.185 e. The average molecular weight is 324 g/mol. The van der Waals surface area contributed by atoms with Crippen molar-refractivity contribution in [3.8, 4) is 11.5 Å². The minimum Gasteiger partial charge on any atom is -0.508 e. The van der Waals surface area contributed by atoms with Crippen molar-refractivity contribution in [3.63, 3.8) is 0 Å². The van der Waals surface area contributed by atoms with E-state index in [0.29, 0.717) is 5.56 Å². The van der Waals surface area contributed by atoms with E-state index in [1.807, 2.05) is 24.3 Å². The first kappa shape index (κ1) is 17.8. The van der Waals surface area contributed by atoms with Gasteiger partial charge in [-0.3, -0.25) is 4.79 Å². The summed E-state index contributed by atoms with van der Waals surface area (Å²) in [4.78, 5) is 12.0. The second-order valence-corrected chi connectivity index (χ2v) is 5.72. The van der Waals surface area contributed by atoms with Gasteiger partial charge in [0.05, 0.1) is 6.61 Å². The van der Waals surface area contributed by atoms with E-state index in [1.54, 1.807) is 18.2 Å². The van der Waals surface area contributed by atoms with Crippen molar-refractivity contribution in [3.05, 3.63) is 65.7 Å². The zero-order chi connectivity index (χ0) is 17.2. The zero-order valence-electron chi connectivity index (χ0n) is 14.1. The highest BCUT2D eigenvalue weighted by Crippen LogP contribution is 2.15. The SMILES string of the molecule is CCCCCCOc1ccc(C=CC(=O)c2ccc(O)cc2)cc1. The van der Waals surface area contributed by atoms with Gasteiger partial charge in [0.2, 0.25) is 0 Å².